The highest BCUT2D eigenvalue weighted by Gasteiger charge is 2.25. The van der Waals surface area contributed by atoms with Crippen LogP contribution in [0.1, 0.15) is 36.0 Å². The maximum atomic E-state index is 12.1. The lowest BCUT2D eigenvalue weighted by Gasteiger charge is -2.31. The van der Waals surface area contributed by atoms with Gasteiger partial charge in [0.15, 0.2) is 0 Å². The Bertz CT molecular complexity index is 410. The second-order valence-corrected chi connectivity index (χ2v) is 5.78. The van der Waals surface area contributed by atoms with Gasteiger partial charge in [0.1, 0.15) is 0 Å². The van der Waals surface area contributed by atoms with Crippen LogP contribution in [0.3, 0.4) is 0 Å². The molecular weight excluding hydrogens is 328 g/mol. The highest BCUT2D eigenvalue weighted by Crippen LogP contribution is 2.23. The number of benzene rings is 1. The van der Waals surface area contributed by atoms with Gasteiger partial charge in [-0.05, 0) is 49.6 Å². The van der Waals surface area contributed by atoms with Crippen molar-refractivity contribution in [2.24, 2.45) is 11.7 Å². The summed E-state index contributed by atoms with van der Waals surface area (Å²) >= 11 is 3.37. The molecule has 3 nitrogen and oxygen atoms in total. The molecule has 2 atom stereocenters. The quantitative estimate of drug-likeness (QED) is 0.882. The number of nitrogens with one attached hydrogen (secondary N) is 1. The molecule has 1 aromatic rings. The van der Waals surface area contributed by atoms with Crippen LogP contribution in [0.5, 0.6) is 0 Å². The van der Waals surface area contributed by atoms with Gasteiger partial charge in [0, 0.05) is 16.1 Å². The molecule has 1 saturated carbocycles. The Morgan fingerprint density at radius 1 is 1.26 bits per heavy atom. The second kappa shape index (κ2) is 7.88. The first-order valence-corrected chi connectivity index (χ1v) is 7.26. The monoisotopic (exact) mass is 346 g/mol. The number of rotatable bonds is 3. The molecule has 1 fully saturated rings. The van der Waals surface area contributed by atoms with E-state index < -0.39 is 0 Å². The first-order valence-electron chi connectivity index (χ1n) is 6.47. The van der Waals surface area contributed by atoms with Gasteiger partial charge in [-0.1, -0.05) is 28.8 Å². The molecule has 106 valence electrons. The third-order valence-corrected chi connectivity index (χ3v) is 4.16. The molecule has 2 unspecified atom stereocenters. The lowest BCUT2D eigenvalue weighted by molar-refractivity contribution is 0.0908. The van der Waals surface area contributed by atoms with E-state index in [4.69, 9.17) is 5.73 Å². The fraction of sp³-hybridized carbons (Fsp3) is 0.500. The Labute approximate surface area is 128 Å². The van der Waals surface area contributed by atoms with Crippen LogP contribution in [0.4, 0.5) is 0 Å². The van der Waals surface area contributed by atoms with E-state index in [1.807, 2.05) is 24.3 Å². The Morgan fingerprint density at radius 2 is 1.89 bits per heavy atom. The van der Waals surface area contributed by atoms with Crippen molar-refractivity contribution >= 4 is 34.2 Å². The third kappa shape index (κ3) is 4.48. The van der Waals surface area contributed by atoms with Gasteiger partial charge in [-0.15, -0.1) is 12.4 Å². The first-order chi connectivity index (χ1) is 8.70. The summed E-state index contributed by atoms with van der Waals surface area (Å²) in [4.78, 5) is 12.1. The van der Waals surface area contributed by atoms with Crippen LogP contribution < -0.4 is 11.1 Å². The molecule has 1 aromatic carbocycles. The van der Waals surface area contributed by atoms with Gasteiger partial charge >= 0.3 is 0 Å². The van der Waals surface area contributed by atoms with Crippen molar-refractivity contribution in [2.45, 2.75) is 31.7 Å². The lowest BCUT2D eigenvalue weighted by Crippen LogP contribution is -2.44. The predicted octanol–water partition coefficient (Wildman–Crippen LogP) is 3.12. The largest absolute Gasteiger partial charge is 0.349 e. The summed E-state index contributed by atoms with van der Waals surface area (Å²) in [6.07, 6.45) is 4.58. The van der Waals surface area contributed by atoms with E-state index in [1.165, 1.54) is 12.8 Å². The molecule has 1 amide bonds. The normalized spacial score (nSPS) is 22.4. The van der Waals surface area contributed by atoms with E-state index in [0.717, 1.165) is 17.3 Å². The van der Waals surface area contributed by atoms with E-state index in [0.29, 0.717) is 18.0 Å². The van der Waals surface area contributed by atoms with Crippen LogP contribution in [0, 0.1) is 5.92 Å². The van der Waals surface area contributed by atoms with E-state index in [9.17, 15) is 4.79 Å². The third-order valence-electron chi connectivity index (χ3n) is 3.63. The molecule has 0 bridgehead atoms. The van der Waals surface area contributed by atoms with Crippen LogP contribution in [0.25, 0.3) is 0 Å². The van der Waals surface area contributed by atoms with E-state index >= 15 is 0 Å². The number of halogens is 2. The SMILES string of the molecule is Cl.NCC1CCCCC1NC(=O)c1ccc(Br)cc1. The van der Waals surface area contributed by atoms with Gasteiger partial charge in [0.05, 0.1) is 0 Å². The number of hydrogen-bond acceptors (Lipinski definition) is 2. The predicted molar refractivity (Wildman–Crippen MR) is 83.7 cm³/mol. The van der Waals surface area contributed by atoms with Crippen LogP contribution in [0.2, 0.25) is 0 Å². The Hall–Kier alpha value is -0.580. The van der Waals surface area contributed by atoms with Crippen LogP contribution in [0.15, 0.2) is 28.7 Å². The average molecular weight is 348 g/mol. The molecule has 0 aliphatic heterocycles. The summed E-state index contributed by atoms with van der Waals surface area (Å²) in [6.45, 7) is 0.658. The summed E-state index contributed by atoms with van der Waals surface area (Å²) in [5, 5.41) is 3.12. The molecule has 19 heavy (non-hydrogen) atoms. The number of carbonyl (C=O) groups excluding carboxylic acids is 1. The fourth-order valence-corrected chi connectivity index (χ4v) is 2.80. The van der Waals surface area contributed by atoms with Crippen LogP contribution >= 0.6 is 28.3 Å². The molecule has 0 heterocycles. The minimum Gasteiger partial charge on any atom is -0.349 e. The number of carbonyl (C=O) groups is 1. The molecule has 0 saturated heterocycles. The summed E-state index contributed by atoms with van der Waals surface area (Å²) < 4.78 is 0.983. The van der Waals surface area contributed by atoms with Crippen molar-refractivity contribution in [3.63, 3.8) is 0 Å². The smallest absolute Gasteiger partial charge is 0.251 e. The van der Waals surface area contributed by atoms with Crippen molar-refractivity contribution in [1.29, 1.82) is 0 Å². The van der Waals surface area contributed by atoms with Crippen LogP contribution in [-0.2, 0) is 0 Å². The van der Waals surface area contributed by atoms with Crippen molar-refractivity contribution < 1.29 is 4.79 Å². The van der Waals surface area contributed by atoms with Gasteiger partial charge in [0.25, 0.3) is 5.91 Å². The minimum atomic E-state index is 0. The van der Waals surface area contributed by atoms with Crippen molar-refractivity contribution in [2.75, 3.05) is 6.54 Å². The zero-order valence-corrected chi connectivity index (χ0v) is 13.2. The number of hydrogen-bond donors (Lipinski definition) is 2. The molecule has 1 aliphatic rings. The molecule has 2 rings (SSSR count). The molecule has 0 spiro atoms. The van der Waals surface area contributed by atoms with E-state index in [2.05, 4.69) is 21.2 Å². The second-order valence-electron chi connectivity index (χ2n) is 4.87. The van der Waals surface area contributed by atoms with Crippen molar-refractivity contribution in [1.82, 2.24) is 5.32 Å². The minimum absolute atomic E-state index is 0. The van der Waals surface area contributed by atoms with Gasteiger partial charge in [-0.25, -0.2) is 0 Å². The molecule has 1 aliphatic carbocycles. The molecule has 5 heteroatoms. The topological polar surface area (TPSA) is 55.1 Å². The highest BCUT2D eigenvalue weighted by atomic mass is 79.9. The van der Waals surface area contributed by atoms with Crippen molar-refractivity contribution in [3.05, 3.63) is 34.3 Å². The lowest BCUT2D eigenvalue weighted by atomic mass is 9.84. The standard InChI is InChI=1S/C14H19BrN2O.ClH/c15-12-7-5-10(6-8-12)14(18)17-13-4-2-1-3-11(13)9-16;/h5-8,11,13H,1-4,9,16H2,(H,17,18);1H. The van der Waals surface area contributed by atoms with Gasteiger partial charge < -0.3 is 11.1 Å². The fourth-order valence-electron chi connectivity index (χ4n) is 2.53. The number of nitrogens with two attached hydrogens (primary N) is 1. The highest BCUT2D eigenvalue weighted by molar-refractivity contribution is 9.10. The van der Waals surface area contributed by atoms with E-state index in [-0.39, 0.29) is 24.4 Å². The Balaban J connectivity index is 0.00000180. The van der Waals surface area contributed by atoms with Gasteiger partial charge in [0.2, 0.25) is 0 Å². The van der Waals surface area contributed by atoms with Crippen molar-refractivity contribution in [3.8, 4) is 0 Å². The maximum Gasteiger partial charge on any atom is 0.251 e. The summed E-state index contributed by atoms with van der Waals surface area (Å²) in [7, 11) is 0. The Morgan fingerprint density at radius 3 is 2.53 bits per heavy atom. The molecule has 0 radical (unpaired) electrons. The first kappa shape index (κ1) is 16.5. The van der Waals surface area contributed by atoms with E-state index in [1.54, 1.807) is 0 Å². The zero-order chi connectivity index (χ0) is 13.0. The van der Waals surface area contributed by atoms with Crippen LogP contribution in [-0.4, -0.2) is 18.5 Å². The Kier molecular flexibility index (Phi) is 6.83. The summed E-state index contributed by atoms with van der Waals surface area (Å²) in [5.74, 6) is 0.436. The summed E-state index contributed by atoms with van der Waals surface area (Å²) in [5.41, 5.74) is 6.48. The number of amides is 1. The van der Waals surface area contributed by atoms with Gasteiger partial charge in [-0.3, -0.25) is 4.79 Å². The maximum absolute atomic E-state index is 12.1. The summed E-state index contributed by atoms with van der Waals surface area (Å²) in [6, 6.07) is 7.67. The van der Waals surface area contributed by atoms with Gasteiger partial charge in [-0.2, -0.15) is 0 Å². The zero-order valence-electron chi connectivity index (χ0n) is 10.8. The molecular formula is C14H20BrClN2O. The molecule has 3 N–H and O–H groups in total. The average Bonchev–Trinajstić information content (AvgIpc) is 2.40. The molecule has 0 aromatic heterocycles.